The van der Waals surface area contributed by atoms with Crippen LogP contribution in [-0.2, 0) is 17.1 Å². The van der Waals surface area contributed by atoms with Gasteiger partial charge in [-0.2, -0.15) is 9.97 Å². The maximum absolute atomic E-state index is 14.3. The zero-order valence-electron chi connectivity index (χ0n) is 17.6. The Morgan fingerprint density at radius 2 is 1.97 bits per heavy atom. The molecule has 0 saturated heterocycles. The van der Waals surface area contributed by atoms with Crippen molar-refractivity contribution in [2.45, 2.75) is 32.4 Å². The van der Waals surface area contributed by atoms with Gasteiger partial charge in [-0.05, 0) is 38.0 Å². The van der Waals surface area contributed by atoms with Crippen molar-refractivity contribution in [3.63, 3.8) is 0 Å². The summed E-state index contributed by atoms with van der Waals surface area (Å²) in [6.07, 6.45) is 1.96. The molecular formula is C21H23FN4O4S. The van der Waals surface area contributed by atoms with E-state index in [-0.39, 0.29) is 23.1 Å². The summed E-state index contributed by atoms with van der Waals surface area (Å²) in [4.78, 5) is 20.1. The molecule has 0 radical (unpaired) electrons. The fourth-order valence-electron chi connectivity index (χ4n) is 2.72. The molecule has 0 unspecified atom stereocenters. The van der Waals surface area contributed by atoms with Gasteiger partial charge in [-0.25, -0.2) is 12.8 Å². The first-order valence-corrected chi connectivity index (χ1v) is 11.2. The van der Waals surface area contributed by atoms with Crippen molar-refractivity contribution in [2.24, 2.45) is 7.05 Å². The van der Waals surface area contributed by atoms with Gasteiger partial charge in [-0.15, -0.1) is 0 Å². The van der Waals surface area contributed by atoms with Gasteiger partial charge in [0.25, 0.3) is 0 Å². The van der Waals surface area contributed by atoms with Gasteiger partial charge in [0, 0.05) is 30.9 Å². The van der Waals surface area contributed by atoms with Crippen LogP contribution in [0.15, 0.2) is 47.4 Å². The topological polar surface area (TPSA) is 103 Å². The van der Waals surface area contributed by atoms with Crippen LogP contribution in [0.25, 0.3) is 11.3 Å². The third kappa shape index (κ3) is 5.08. The molecule has 0 saturated carbocycles. The molecule has 8 nitrogen and oxygen atoms in total. The van der Waals surface area contributed by atoms with E-state index in [9.17, 15) is 17.6 Å². The van der Waals surface area contributed by atoms with Crippen LogP contribution >= 0.6 is 0 Å². The lowest BCUT2D eigenvalue weighted by molar-refractivity contribution is 0.409. The number of ether oxygens (including phenoxy) is 1. The molecule has 31 heavy (non-hydrogen) atoms. The average Bonchev–Trinajstić information content (AvgIpc) is 2.71. The molecule has 10 heteroatoms. The summed E-state index contributed by atoms with van der Waals surface area (Å²) in [5, 5.41) is -0.651. The molecule has 3 rings (SSSR count). The lowest BCUT2D eigenvalue weighted by Gasteiger charge is -2.15. The van der Waals surface area contributed by atoms with E-state index in [0.29, 0.717) is 23.2 Å². The summed E-state index contributed by atoms with van der Waals surface area (Å²) >= 11 is 0. The number of anilines is 1. The van der Waals surface area contributed by atoms with Crippen molar-refractivity contribution in [1.29, 1.82) is 0 Å². The van der Waals surface area contributed by atoms with E-state index < -0.39 is 21.1 Å². The Bertz CT molecular complexity index is 1250. The van der Waals surface area contributed by atoms with Gasteiger partial charge in [0.1, 0.15) is 5.82 Å². The minimum Gasteiger partial charge on any atom is -0.421 e. The van der Waals surface area contributed by atoms with Gasteiger partial charge >= 0.3 is 6.01 Å². The highest BCUT2D eigenvalue weighted by Gasteiger charge is 2.21. The van der Waals surface area contributed by atoms with E-state index in [4.69, 9.17) is 4.74 Å². The number of sulfonamides is 1. The molecule has 0 aliphatic rings. The number of aryl methyl sites for hydroxylation is 2. The Kier molecular flexibility index (Phi) is 6.40. The van der Waals surface area contributed by atoms with Crippen molar-refractivity contribution >= 4 is 15.8 Å². The van der Waals surface area contributed by atoms with E-state index >= 15 is 0 Å². The molecule has 0 aliphatic heterocycles. The molecule has 3 aromatic rings. The van der Waals surface area contributed by atoms with E-state index in [1.165, 1.54) is 22.8 Å². The van der Waals surface area contributed by atoms with Crippen LogP contribution in [0, 0.1) is 12.7 Å². The number of hydrogen-bond acceptors (Lipinski definition) is 6. The van der Waals surface area contributed by atoms with Crippen molar-refractivity contribution in [3.8, 4) is 23.0 Å². The molecule has 164 valence electrons. The molecule has 0 aliphatic carbocycles. The minimum atomic E-state index is -3.71. The number of hydrogen-bond donors (Lipinski definition) is 1. The second-order valence-corrected chi connectivity index (χ2v) is 9.24. The number of para-hydroxylation sites is 1. The fraction of sp³-hybridized carbons (Fsp3) is 0.286. The standard InChI is InChI=1S/C21H23FN4O4S/c1-5-14(3)31(28,29)25-18-11-17(15-9-10-19(27)26(4)12-15)23-21(24-18)30-20-13(2)7-6-8-16(20)22/h6-12,14H,5H2,1-4H3,(H,23,24,25)/t14-/m1/s1. The zero-order valence-corrected chi connectivity index (χ0v) is 18.4. The van der Waals surface area contributed by atoms with Crippen LogP contribution in [-0.4, -0.2) is 28.2 Å². The van der Waals surface area contributed by atoms with Gasteiger partial charge in [-0.1, -0.05) is 19.1 Å². The second kappa shape index (κ2) is 8.84. The maximum atomic E-state index is 14.3. The maximum Gasteiger partial charge on any atom is 0.324 e. The van der Waals surface area contributed by atoms with Crippen LogP contribution in [0.1, 0.15) is 25.8 Å². The number of aromatic nitrogens is 3. The highest BCUT2D eigenvalue weighted by Crippen LogP contribution is 2.29. The fourth-order valence-corrected chi connectivity index (χ4v) is 3.76. The summed E-state index contributed by atoms with van der Waals surface area (Å²) in [6.45, 7) is 5.01. The van der Waals surface area contributed by atoms with E-state index in [2.05, 4.69) is 14.7 Å². The first kappa shape index (κ1) is 22.4. The van der Waals surface area contributed by atoms with Crippen LogP contribution in [0.4, 0.5) is 10.2 Å². The third-order valence-electron chi connectivity index (χ3n) is 4.80. The van der Waals surface area contributed by atoms with Crippen LogP contribution in [0.2, 0.25) is 0 Å². The van der Waals surface area contributed by atoms with Crippen molar-refractivity contribution in [1.82, 2.24) is 14.5 Å². The SMILES string of the molecule is CC[C@@H](C)S(=O)(=O)Nc1cc(-c2ccc(=O)n(C)c2)nc(Oc2c(C)cccc2F)n1. The summed E-state index contributed by atoms with van der Waals surface area (Å²) in [6, 6.07) is 8.57. The number of halogens is 1. The molecule has 2 aromatic heterocycles. The third-order valence-corrected chi connectivity index (χ3v) is 6.68. The first-order valence-electron chi connectivity index (χ1n) is 9.61. The van der Waals surface area contributed by atoms with E-state index in [0.717, 1.165) is 0 Å². The van der Waals surface area contributed by atoms with Gasteiger partial charge in [0.2, 0.25) is 15.6 Å². The molecule has 0 fully saturated rings. The Morgan fingerprint density at radius 3 is 2.61 bits per heavy atom. The Balaban J connectivity index is 2.11. The number of nitrogens with zero attached hydrogens (tertiary/aromatic N) is 3. The Morgan fingerprint density at radius 1 is 1.23 bits per heavy atom. The van der Waals surface area contributed by atoms with Crippen molar-refractivity contribution in [3.05, 3.63) is 64.3 Å². The van der Waals surface area contributed by atoms with Gasteiger partial charge in [-0.3, -0.25) is 9.52 Å². The minimum absolute atomic E-state index is 0.0249. The van der Waals surface area contributed by atoms with Crippen LogP contribution in [0.5, 0.6) is 11.8 Å². The molecule has 2 heterocycles. The lowest BCUT2D eigenvalue weighted by Crippen LogP contribution is -2.25. The number of rotatable bonds is 7. The summed E-state index contributed by atoms with van der Waals surface area (Å²) in [5.41, 5.74) is 1.15. The Labute approximate surface area is 179 Å². The normalized spacial score (nSPS) is 12.4. The predicted molar refractivity (Wildman–Crippen MR) is 116 cm³/mol. The second-order valence-electron chi connectivity index (χ2n) is 7.14. The number of benzene rings is 1. The zero-order chi connectivity index (χ0) is 22.8. The highest BCUT2D eigenvalue weighted by atomic mass is 32.2. The number of nitrogens with one attached hydrogen (secondary N) is 1. The van der Waals surface area contributed by atoms with E-state index in [1.807, 2.05) is 0 Å². The molecule has 0 amide bonds. The number of pyridine rings is 1. The first-order chi connectivity index (χ1) is 14.6. The summed E-state index contributed by atoms with van der Waals surface area (Å²) in [5.74, 6) is -0.683. The molecule has 1 N–H and O–H groups in total. The lowest BCUT2D eigenvalue weighted by atomic mass is 10.2. The monoisotopic (exact) mass is 446 g/mol. The van der Waals surface area contributed by atoms with Crippen molar-refractivity contribution in [2.75, 3.05) is 4.72 Å². The average molecular weight is 447 g/mol. The van der Waals surface area contributed by atoms with Crippen LogP contribution < -0.4 is 15.0 Å². The van der Waals surface area contributed by atoms with E-state index in [1.54, 1.807) is 52.2 Å². The smallest absolute Gasteiger partial charge is 0.324 e. The Hall–Kier alpha value is -3.27. The largest absolute Gasteiger partial charge is 0.421 e. The van der Waals surface area contributed by atoms with Crippen LogP contribution in [0.3, 0.4) is 0 Å². The molecule has 0 bridgehead atoms. The summed E-state index contributed by atoms with van der Waals surface area (Å²) < 4.78 is 48.7. The summed E-state index contributed by atoms with van der Waals surface area (Å²) in [7, 11) is -2.13. The van der Waals surface area contributed by atoms with Crippen molar-refractivity contribution < 1.29 is 17.5 Å². The molecule has 0 spiro atoms. The quantitative estimate of drug-likeness (QED) is 0.595. The van der Waals surface area contributed by atoms with Gasteiger partial charge in [0.15, 0.2) is 11.6 Å². The highest BCUT2D eigenvalue weighted by molar-refractivity contribution is 7.93. The molecular weight excluding hydrogens is 423 g/mol. The molecule has 1 atom stereocenters. The van der Waals surface area contributed by atoms with Gasteiger partial charge < -0.3 is 9.30 Å². The molecule has 1 aromatic carbocycles. The van der Waals surface area contributed by atoms with Gasteiger partial charge in [0.05, 0.1) is 10.9 Å². The predicted octanol–water partition coefficient (Wildman–Crippen LogP) is 3.62.